The number of pyridine rings is 1. The maximum atomic E-state index is 13.4. The van der Waals surface area contributed by atoms with Gasteiger partial charge in [-0.2, -0.15) is 13.2 Å². The molecule has 19 heavy (non-hydrogen) atoms. The summed E-state index contributed by atoms with van der Waals surface area (Å²) in [5, 5.41) is 2.77. The third-order valence-electron chi connectivity index (χ3n) is 3.63. The molecule has 2 N–H and O–H groups in total. The van der Waals surface area contributed by atoms with Gasteiger partial charge in [0.15, 0.2) is 5.65 Å². The van der Waals surface area contributed by atoms with Crippen molar-refractivity contribution in [3.63, 3.8) is 0 Å². The first kappa shape index (κ1) is 12.4. The molecule has 2 aromatic heterocycles. The summed E-state index contributed by atoms with van der Waals surface area (Å²) in [5.74, 6) is -0.0434. The Bertz CT molecular complexity index is 611. The monoisotopic (exact) mass is 270 g/mol. The Balaban J connectivity index is 2.16. The van der Waals surface area contributed by atoms with Crippen LogP contribution in [0.15, 0.2) is 12.3 Å². The lowest BCUT2D eigenvalue weighted by atomic mass is 9.85. The first-order chi connectivity index (χ1) is 8.92. The van der Waals surface area contributed by atoms with Crippen molar-refractivity contribution in [2.45, 2.75) is 24.9 Å². The fraction of sp³-hybridized carbons (Fsp3) is 0.500. The lowest BCUT2D eigenvalue weighted by Crippen LogP contribution is -2.45. The molecule has 4 nitrogen and oxygen atoms in total. The zero-order chi connectivity index (χ0) is 13.7. The van der Waals surface area contributed by atoms with Crippen LogP contribution in [0, 0.1) is 6.92 Å². The second-order valence-electron chi connectivity index (χ2n) is 4.98. The third-order valence-corrected chi connectivity index (χ3v) is 3.63. The molecule has 102 valence electrons. The van der Waals surface area contributed by atoms with Gasteiger partial charge in [-0.1, -0.05) is 0 Å². The van der Waals surface area contributed by atoms with E-state index >= 15 is 0 Å². The van der Waals surface area contributed by atoms with Crippen LogP contribution in [0.25, 0.3) is 11.2 Å². The summed E-state index contributed by atoms with van der Waals surface area (Å²) in [6.45, 7) is 2.03. The van der Waals surface area contributed by atoms with E-state index in [0.717, 1.165) is 5.56 Å². The van der Waals surface area contributed by atoms with Gasteiger partial charge in [-0.05, 0) is 31.5 Å². The van der Waals surface area contributed by atoms with Crippen LogP contribution >= 0.6 is 0 Å². The molecular formula is C12H13F3N4. The van der Waals surface area contributed by atoms with Gasteiger partial charge in [0.2, 0.25) is 0 Å². The van der Waals surface area contributed by atoms with Gasteiger partial charge in [-0.3, -0.25) is 0 Å². The first-order valence-corrected chi connectivity index (χ1v) is 6.03. The predicted octanol–water partition coefficient (Wildman–Crippen LogP) is 2.06. The van der Waals surface area contributed by atoms with Gasteiger partial charge < -0.3 is 10.3 Å². The molecule has 0 aromatic carbocycles. The number of rotatable bonds is 1. The van der Waals surface area contributed by atoms with Gasteiger partial charge in [0.05, 0.1) is 5.52 Å². The van der Waals surface area contributed by atoms with Crippen molar-refractivity contribution in [2.75, 3.05) is 13.1 Å². The van der Waals surface area contributed by atoms with Crippen molar-refractivity contribution < 1.29 is 13.2 Å². The summed E-state index contributed by atoms with van der Waals surface area (Å²) in [5.41, 5.74) is -0.170. The maximum absolute atomic E-state index is 13.4. The van der Waals surface area contributed by atoms with Crippen LogP contribution in [0.5, 0.6) is 0 Å². The lowest BCUT2D eigenvalue weighted by molar-refractivity contribution is -0.186. The number of H-pyrrole nitrogens is 1. The summed E-state index contributed by atoms with van der Waals surface area (Å²) < 4.78 is 40.2. The smallest absolute Gasteiger partial charge is 0.340 e. The number of aromatic nitrogens is 3. The molecule has 1 unspecified atom stereocenters. The highest BCUT2D eigenvalue weighted by molar-refractivity contribution is 5.71. The first-order valence-electron chi connectivity index (χ1n) is 6.03. The number of aryl methyl sites for hydroxylation is 1. The number of fused-ring (bicyclic) bond motifs is 1. The van der Waals surface area contributed by atoms with Crippen LogP contribution < -0.4 is 5.32 Å². The molecule has 0 aliphatic carbocycles. The molecular weight excluding hydrogens is 257 g/mol. The van der Waals surface area contributed by atoms with E-state index in [-0.39, 0.29) is 18.8 Å². The molecule has 0 bridgehead atoms. The lowest BCUT2D eigenvalue weighted by Gasteiger charge is -2.28. The maximum Gasteiger partial charge on any atom is 0.402 e. The Morgan fingerprint density at radius 3 is 2.79 bits per heavy atom. The van der Waals surface area contributed by atoms with E-state index in [9.17, 15) is 13.2 Å². The number of hydrogen-bond donors (Lipinski definition) is 2. The topological polar surface area (TPSA) is 53.6 Å². The van der Waals surface area contributed by atoms with E-state index in [0.29, 0.717) is 17.7 Å². The van der Waals surface area contributed by atoms with Gasteiger partial charge in [-0.25, -0.2) is 9.97 Å². The average molecular weight is 270 g/mol. The molecule has 7 heteroatoms. The number of hydrogen-bond acceptors (Lipinski definition) is 3. The summed E-state index contributed by atoms with van der Waals surface area (Å²) >= 11 is 0. The molecule has 1 atom stereocenters. The summed E-state index contributed by atoms with van der Waals surface area (Å²) in [6, 6.07) is 1.76. The predicted molar refractivity (Wildman–Crippen MR) is 63.8 cm³/mol. The number of aromatic amines is 1. The molecule has 1 saturated heterocycles. The van der Waals surface area contributed by atoms with Crippen molar-refractivity contribution >= 4 is 11.2 Å². The highest BCUT2D eigenvalue weighted by Crippen LogP contribution is 2.44. The highest BCUT2D eigenvalue weighted by atomic mass is 19.4. The quantitative estimate of drug-likeness (QED) is 0.834. The minimum Gasteiger partial charge on any atom is -0.340 e. The van der Waals surface area contributed by atoms with E-state index in [1.165, 1.54) is 0 Å². The largest absolute Gasteiger partial charge is 0.402 e. The number of imidazole rings is 1. The van der Waals surface area contributed by atoms with Crippen LogP contribution in [0.4, 0.5) is 13.2 Å². The molecule has 0 saturated carbocycles. The molecule has 0 spiro atoms. The minimum absolute atomic E-state index is 0.00466. The minimum atomic E-state index is -4.33. The fourth-order valence-corrected chi connectivity index (χ4v) is 2.50. The van der Waals surface area contributed by atoms with Crippen molar-refractivity contribution in [2.24, 2.45) is 0 Å². The summed E-state index contributed by atoms with van der Waals surface area (Å²) in [6.07, 6.45) is -2.74. The fourth-order valence-electron chi connectivity index (χ4n) is 2.50. The molecule has 2 aromatic rings. The zero-order valence-electron chi connectivity index (χ0n) is 10.3. The molecule has 0 amide bonds. The Morgan fingerprint density at radius 2 is 2.16 bits per heavy atom. The SMILES string of the molecule is Cc1cnc2nc(C3(C(F)(F)F)CCNC3)[nH]c2c1. The van der Waals surface area contributed by atoms with E-state index in [2.05, 4.69) is 20.3 Å². The molecule has 1 aliphatic heterocycles. The van der Waals surface area contributed by atoms with Crippen molar-refractivity contribution in [3.8, 4) is 0 Å². The van der Waals surface area contributed by atoms with Crippen molar-refractivity contribution in [3.05, 3.63) is 23.7 Å². The molecule has 3 rings (SSSR count). The van der Waals surface area contributed by atoms with E-state index in [1.54, 1.807) is 12.3 Å². The van der Waals surface area contributed by atoms with Crippen LogP contribution in [-0.2, 0) is 5.41 Å². The normalized spacial score (nSPS) is 24.2. The number of halogens is 3. The van der Waals surface area contributed by atoms with Gasteiger partial charge in [0, 0.05) is 12.7 Å². The molecule has 0 radical (unpaired) electrons. The van der Waals surface area contributed by atoms with Crippen LogP contribution in [0.1, 0.15) is 17.8 Å². The van der Waals surface area contributed by atoms with E-state index in [4.69, 9.17) is 0 Å². The summed E-state index contributed by atoms with van der Waals surface area (Å²) in [7, 11) is 0. The zero-order valence-corrected chi connectivity index (χ0v) is 10.3. The van der Waals surface area contributed by atoms with Gasteiger partial charge in [0.1, 0.15) is 11.2 Å². The summed E-state index contributed by atoms with van der Waals surface area (Å²) in [4.78, 5) is 10.9. The average Bonchev–Trinajstić information content (AvgIpc) is 2.93. The van der Waals surface area contributed by atoms with Gasteiger partial charge >= 0.3 is 6.18 Å². The number of nitrogens with zero attached hydrogens (tertiary/aromatic N) is 2. The number of alkyl halides is 3. The standard InChI is InChI=1S/C12H13F3N4/c1-7-4-8-9(17-5-7)19-10(18-8)11(12(13,14)15)2-3-16-6-11/h4-5,16H,2-3,6H2,1H3,(H,17,18,19). The van der Waals surface area contributed by atoms with Crippen molar-refractivity contribution in [1.29, 1.82) is 0 Å². The van der Waals surface area contributed by atoms with Crippen LogP contribution in [0.2, 0.25) is 0 Å². The second kappa shape index (κ2) is 3.93. The van der Waals surface area contributed by atoms with Gasteiger partial charge in [-0.15, -0.1) is 0 Å². The number of nitrogens with one attached hydrogen (secondary N) is 2. The van der Waals surface area contributed by atoms with Crippen LogP contribution in [-0.4, -0.2) is 34.2 Å². The molecule has 1 fully saturated rings. The van der Waals surface area contributed by atoms with Crippen molar-refractivity contribution in [1.82, 2.24) is 20.3 Å². The highest BCUT2D eigenvalue weighted by Gasteiger charge is 2.59. The Hall–Kier alpha value is -1.63. The van der Waals surface area contributed by atoms with E-state index in [1.807, 2.05) is 6.92 Å². The Kier molecular flexibility index (Phi) is 2.57. The Morgan fingerprint density at radius 1 is 1.37 bits per heavy atom. The Labute approximate surface area is 107 Å². The van der Waals surface area contributed by atoms with Crippen LogP contribution in [0.3, 0.4) is 0 Å². The molecule has 3 heterocycles. The third kappa shape index (κ3) is 1.80. The van der Waals surface area contributed by atoms with Gasteiger partial charge in [0.25, 0.3) is 0 Å². The van der Waals surface area contributed by atoms with E-state index < -0.39 is 11.6 Å². The molecule has 1 aliphatic rings. The second-order valence-corrected chi connectivity index (χ2v) is 4.98.